The number of carbonyl (C=O) groups excluding carboxylic acids is 1. The highest BCUT2D eigenvalue weighted by Crippen LogP contribution is 2.50. The number of hydrogen-bond donors (Lipinski definition) is 0. The molecule has 0 aromatic heterocycles. The molecule has 1 aliphatic rings. The second-order valence-electron chi connectivity index (χ2n) is 12.0. The number of anilines is 4. The standard InChI is InChI=1S/C36H42N4O2/c1-37(2)28-15-9-25(10-16-28)33(26-11-17-29(18-12-26)38(3)4)24-36(27-13-19-30(20-14-27)39(5)6)34-22-21-31(40(7)8)23-32(34)35(41)42-36/h9-23,33H,24H2,1-8H3. The van der Waals surface area contributed by atoms with Gasteiger partial charge in [0.25, 0.3) is 0 Å². The van der Waals surface area contributed by atoms with Crippen molar-refractivity contribution in [2.24, 2.45) is 0 Å². The molecule has 0 saturated carbocycles. The van der Waals surface area contributed by atoms with Crippen LogP contribution in [0.25, 0.3) is 0 Å². The molecule has 1 heterocycles. The Balaban J connectivity index is 1.69. The first-order chi connectivity index (χ1) is 20.0. The summed E-state index contributed by atoms with van der Waals surface area (Å²) in [5, 5.41) is 0. The van der Waals surface area contributed by atoms with E-state index in [1.165, 1.54) is 11.1 Å². The Labute approximate surface area is 250 Å². The van der Waals surface area contributed by atoms with Crippen molar-refractivity contribution in [1.82, 2.24) is 0 Å². The number of hydrogen-bond acceptors (Lipinski definition) is 6. The summed E-state index contributed by atoms with van der Waals surface area (Å²) >= 11 is 0. The van der Waals surface area contributed by atoms with E-state index in [1.54, 1.807) is 0 Å². The third-order valence-electron chi connectivity index (χ3n) is 8.41. The molecule has 0 bridgehead atoms. The van der Waals surface area contributed by atoms with Crippen molar-refractivity contribution in [2.45, 2.75) is 17.9 Å². The quantitative estimate of drug-likeness (QED) is 0.215. The monoisotopic (exact) mass is 562 g/mol. The van der Waals surface area contributed by atoms with Gasteiger partial charge in [-0.05, 0) is 59.7 Å². The van der Waals surface area contributed by atoms with Crippen molar-refractivity contribution >= 4 is 28.7 Å². The minimum absolute atomic E-state index is 0.0294. The highest BCUT2D eigenvalue weighted by molar-refractivity contribution is 5.96. The molecule has 0 radical (unpaired) electrons. The van der Waals surface area contributed by atoms with Crippen molar-refractivity contribution < 1.29 is 9.53 Å². The number of benzene rings is 4. The Morgan fingerprint density at radius 1 is 0.571 bits per heavy atom. The molecule has 0 spiro atoms. The van der Waals surface area contributed by atoms with E-state index >= 15 is 0 Å². The van der Waals surface area contributed by atoms with E-state index in [4.69, 9.17) is 4.74 Å². The lowest BCUT2D eigenvalue weighted by Crippen LogP contribution is -2.31. The second kappa shape index (κ2) is 11.4. The largest absolute Gasteiger partial charge is 0.446 e. The Hall–Kier alpha value is -4.45. The Kier molecular flexibility index (Phi) is 7.91. The average molecular weight is 563 g/mol. The lowest BCUT2D eigenvalue weighted by molar-refractivity contribution is 0.00559. The number of cyclic esters (lactones) is 1. The molecular formula is C36H42N4O2. The fourth-order valence-corrected chi connectivity index (χ4v) is 5.84. The van der Waals surface area contributed by atoms with Crippen molar-refractivity contribution in [3.05, 3.63) is 119 Å². The third-order valence-corrected chi connectivity index (χ3v) is 8.41. The third kappa shape index (κ3) is 5.41. The van der Waals surface area contributed by atoms with Gasteiger partial charge in [0.15, 0.2) is 5.60 Å². The highest BCUT2D eigenvalue weighted by Gasteiger charge is 2.49. The normalized spacial score (nSPS) is 15.8. The fraction of sp³-hybridized carbons (Fsp3) is 0.306. The zero-order valence-corrected chi connectivity index (χ0v) is 26.1. The summed E-state index contributed by atoms with van der Waals surface area (Å²) in [6.07, 6.45) is 0.566. The number of fused-ring (bicyclic) bond motifs is 1. The lowest BCUT2D eigenvalue weighted by Gasteiger charge is -2.34. The summed E-state index contributed by atoms with van der Waals surface area (Å²) in [6, 6.07) is 32.0. The molecule has 6 nitrogen and oxygen atoms in total. The van der Waals surface area contributed by atoms with Crippen LogP contribution >= 0.6 is 0 Å². The molecule has 4 aromatic rings. The first kappa shape index (κ1) is 29.1. The maximum absolute atomic E-state index is 13.6. The zero-order chi connectivity index (χ0) is 30.2. The smallest absolute Gasteiger partial charge is 0.339 e. The van der Waals surface area contributed by atoms with Crippen LogP contribution in [0.3, 0.4) is 0 Å². The summed E-state index contributed by atoms with van der Waals surface area (Å²) in [7, 11) is 16.2. The van der Waals surface area contributed by atoms with Crippen molar-refractivity contribution in [2.75, 3.05) is 76.0 Å². The van der Waals surface area contributed by atoms with Crippen LogP contribution in [-0.4, -0.2) is 62.4 Å². The van der Waals surface area contributed by atoms with Gasteiger partial charge in [0, 0.05) is 103 Å². The van der Waals surface area contributed by atoms with Crippen LogP contribution in [-0.2, 0) is 10.3 Å². The minimum atomic E-state index is -0.951. The van der Waals surface area contributed by atoms with Gasteiger partial charge < -0.3 is 24.3 Å². The van der Waals surface area contributed by atoms with Gasteiger partial charge in [-0.25, -0.2) is 4.79 Å². The van der Waals surface area contributed by atoms with Gasteiger partial charge in [-0.2, -0.15) is 0 Å². The van der Waals surface area contributed by atoms with Gasteiger partial charge in [0.05, 0.1) is 5.56 Å². The summed E-state index contributed by atoms with van der Waals surface area (Å²) in [6.45, 7) is 0. The Morgan fingerprint density at radius 2 is 0.976 bits per heavy atom. The maximum atomic E-state index is 13.6. The van der Waals surface area contributed by atoms with Gasteiger partial charge >= 0.3 is 5.97 Å². The van der Waals surface area contributed by atoms with Crippen LogP contribution in [0.1, 0.15) is 45.0 Å². The lowest BCUT2D eigenvalue weighted by atomic mass is 9.74. The first-order valence-electron chi connectivity index (χ1n) is 14.4. The zero-order valence-electron chi connectivity index (χ0n) is 26.1. The number of ether oxygens (including phenoxy) is 1. The molecule has 0 fully saturated rings. The SMILES string of the molecule is CN(C)c1ccc(C(CC2(c3ccc(N(C)C)cc3)OC(=O)c3cc(N(C)C)ccc32)c2ccc(N(C)C)cc2)cc1. The summed E-state index contributed by atoms with van der Waals surface area (Å²) in [5.74, 6) is -0.312. The summed E-state index contributed by atoms with van der Waals surface area (Å²) in [4.78, 5) is 21.9. The van der Waals surface area contributed by atoms with E-state index < -0.39 is 5.60 Å². The Bertz CT molecular complexity index is 1490. The van der Waals surface area contributed by atoms with Crippen LogP contribution < -0.4 is 19.6 Å². The predicted molar refractivity (Wildman–Crippen MR) is 176 cm³/mol. The molecule has 0 N–H and O–H groups in total. The van der Waals surface area contributed by atoms with Crippen molar-refractivity contribution in [3.8, 4) is 0 Å². The highest BCUT2D eigenvalue weighted by atomic mass is 16.6. The number of carbonyl (C=O) groups is 1. The minimum Gasteiger partial charge on any atom is -0.446 e. The van der Waals surface area contributed by atoms with Gasteiger partial charge in [-0.15, -0.1) is 0 Å². The molecule has 1 aliphatic heterocycles. The molecule has 1 unspecified atom stereocenters. The Morgan fingerprint density at radius 3 is 1.40 bits per heavy atom. The molecule has 0 amide bonds. The number of rotatable bonds is 9. The second-order valence-corrected chi connectivity index (χ2v) is 12.0. The van der Waals surface area contributed by atoms with Crippen LogP contribution in [0.2, 0.25) is 0 Å². The van der Waals surface area contributed by atoms with E-state index in [0.29, 0.717) is 12.0 Å². The molecule has 0 saturated heterocycles. The van der Waals surface area contributed by atoms with Gasteiger partial charge in [-0.3, -0.25) is 0 Å². The van der Waals surface area contributed by atoms with Gasteiger partial charge in [-0.1, -0.05) is 42.5 Å². The predicted octanol–water partition coefficient (Wildman–Crippen LogP) is 6.59. The van der Waals surface area contributed by atoms with Crippen LogP contribution in [0.4, 0.5) is 22.7 Å². The van der Waals surface area contributed by atoms with Crippen LogP contribution in [0.5, 0.6) is 0 Å². The first-order valence-corrected chi connectivity index (χ1v) is 14.4. The van der Waals surface area contributed by atoms with Crippen molar-refractivity contribution in [3.63, 3.8) is 0 Å². The van der Waals surface area contributed by atoms with E-state index in [0.717, 1.165) is 33.9 Å². The summed E-state index contributed by atoms with van der Waals surface area (Å²) in [5.41, 5.74) is 8.26. The number of esters is 1. The number of nitrogens with zero attached hydrogens (tertiary/aromatic N) is 4. The molecule has 6 heteroatoms. The molecular weight excluding hydrogens is 520 g/mol. The van der Waals surface area contributed by atoms with E-state index in [-0.39, 0.29) is 11.9 Å². The molecule has 5 rings (SSSR count). The average Bonchev–Trinajstić information content (AvgIpc) is 3.27. The van der Waals surface area contributed by atoms with Gasteiger partial charge in [0.2, 0.25) is 0 Å². The van der Waals surface area contributed by atoms with E-state index in [1.807, 2.05) is 39.2 Å². The fourth-order valence-electron chi connectivity index (χ4n) is 5.84. The molecule has 1 atom stereocenters. The van der Waals surface area contributed by atoms with Crippen LogP contribution in [0, 0.1) is 0 Å². The van der Waals surface area contributed by atoms with Crippen molar-refractivity contribution in [1.29, 1.82) is 0 Å². The topological polar surface area (TPSA) is 39.3 Å². The molecule has 218 valence electrons. The summed E-state index contributed by atoms with van der Waals surface area (Å²) < 4.78 is 6.55. The maximum Gasteiger partial charge on any atom is 0.339 e. The molecule has 0 aliphatic carbocycles. The van der Waals surface area contributed by atoms with E-state index in [9.17, 15) is 4.79 Å². The molecule has 42 heavy (non-hydrogen) atoms. The molecule has 4 aromatic carbocycles. The van der Waals surface area contributed by atoms with Crippen LogP contribution in [0.15, 0.2) is 91.0 Å². The van der Waals surface area contributed by atoms with Gasteiger partial charge in [0.1, 0.15) is 0 Å². The van der Waals surface area contributed by atoms with E-state index in [2.05, 4.69) is 128 Å².